The molecule has 0 amide bonds. The van der Waals surface area contributed by atoms with E-state index in [1.165, 1.54) is 19.3 Å². The van der Waals surface area contributed by atoms with Gasteiger partial charge in [-0.05, 0) is 37.8 Å². The SMILES string of the molecule is CCCCC/C=C/Cc1ccccc1C(=O)OCC. The van der Waals surface area contributed by atoms with E-state index in [1.54, 1.807) is 0 Å². The molecular weight excluding hydrogens is 236 g/mol. The summed E-state index contributed by atoms with van der Waals surface area (Å²) in [5.74, 6) is -0.225. The predicted molar refractivity (Wildman–Crippen MR) is 79.4 cm³/mol. The molecule has 1 rings (SSSR count). The number of ether oxygens (including phenoxy) is 1. The summed E-state index contributed by atoms with van der Waals surface area (Å²) in [6.07, 6.45) is 10.0. The van der Waals surface area contributed by atoms with Gasteiger partial charge in [0.05, 0.1) is 12.2 Å². The van der Waals surface area contributed by atoms with Crippen molar-refractivity contribution >= 4 is 5.97 Å². The standard InChI is InChI=1S/C17H24O2/c1-3-5-6-7-8-9-12-15-13-10-11-14-16(15)17(18)19-4-2/h8-11,13-14H,3-7,12H2,1-2H3/b9-8+. The highest BCUT2D eigenvalue weighted by Crippen LogP contribution is 2.12. The second-order valence-corrected chi connectivity index (χ2v) is 4.55. The zero-order valence-corrected chi connectivity index (χ0v) is 12.0. The van der Waals surface area contributed by atoms with E-state index in [0.717, 1.165) is 18.4 Å². The van der Waals surface area contributed by atoms with Crippen LogP contribution in [0.3, 0.4) is 0 Å². The normalized spacial score (nSPS) is 10.8. The Balaban J connectivity index is 2.55. The summed E-state index contributed by atoms with van der Waals surface area (Å²) >= 11 is 0. The molecule has 2 nitrogen and oxygen atoms in total. The van der Waals surface area contributed by atoms with Crippen molar-refractivity contribution in [2.45, 2.75) is 46.0 Å². The van der Waals surface area contributed by atoms with E-state index < -0.39 is 0 Å². The number of unbranched alkanes of at least 4 members (excludes halogenated alkanes) is 3. The minimum absolute atomic E-state index is 0.225. The number of benzene rings is 1. The first-order valence-electron chi connectivity index (χ1n) is 7.19. The van der Waals surface area contributed by atoms with E-state index >= 15 is 0 Å². The molecule has 0 radical (unpaired) electrons. The minimum Gasteiger partial charge on any atom is -0.462 e. The highest BCUT2D eigenvalue weighted by molar-refractivity contribution is 5.91. The Morgan fingerprint density at radius 1 is 1.16 bits per heavy atom. The molecule has 0 spiro atoms. The Morgan fingerprint density at radius 3 is 2.68 bits per heavy atom. The molecule has 0 aromatic heterocycles. The quantitative estimate of drug-likeness (QED) is 0.389. The molecular formula is C17H24O2. The van der Waals surface area contributed by atoms with Crippen LogP contribution in [-0.2, 0) is 11.2 Å². The average Bonchev–Trinajstić information content (AvgIpc) is 2.43. The van der Waals surface area contributed by atoms with Crippen LogP contribution in [-0.4, -0.2) is 12.6 Å². The number of esters is 1. The van der Waals surface area contributed by atoms with Gasteiger partial charge in [0.15, 0.2) is 0 Å². The first-order chi connectivity index (χ1) is 9.29. The van der Waals surface area contributed by atoms with E-state index in [-0.39, 0.29) is 5.97 Å². The first-order valence-corrected chi connectivity index (χ1v) is 7.19. The third-order valence-electron chi connectivity index (χ3n) is 2.99. The van der Waals surface area contributed by atoms with Crippen molar-refractivity contribution in [2.24, 2.45) is 0 Å². The number of carbonyl (C=O) groups excluding carboxylic acids is 1. The van der Waals surface area contributed by atoms with Crippen LogP contribution in [0.5, 0.6) is 0 Å². The predicted octanol–water partition coefficient (Wildman–Crippen LogP) is 4.54. The average molecular weight is 260 g/mol. The molecule has 0 atom stereocenters. The lowest BCUT2D eigenvalue weighted by Crippen LogP contribution is -2.07. The van der Waals surface area contributed by atoms with Gasteiger partial charge >= 0.3 is 5.97 Å². The molecule has 0 aliphatic heterocycles. The maximum absolute atomic E-state index is 11.8. The summed E-state index contributed by atoms with van der Waals surface area (Å²) in [7, 11) is 0. The van der Waals surface area contributed by atoms with E-state index in [2.05, 4.69) is 19.1 Å². The number of allylic oxidation sites excluding steroid dienone is 2. The number of hydrogen-bond acceptors (Lipinski definition) is 2. The topological polar surface area (TPSA) is 26.3 Å². The van der Waals surface area contributed by atoms with E-state index in [4.69, 9.17) is 4.74 Å². The number of rotatable bonds is 8. The van der Waals surface area contributed by atoms with Gasteiger partial charge in [0.2, 0.25) is 0 Å². The number of hydrogen-bond donors (Lipinski definition) is 0. The molecule has 2 heteroatoms. The lowest BCUT2D eigenvalue weighted by molar-refractivity contribution is 0.0525. The van der Waals surface area contributed by atoms with Crippen molar-refractivity contribution in [1.29, 1.82) is 0 Å². The van der Waals surface area contributed by atoms with Crippen LogP contribution in [0.15, 0.2) is 36.4 Å². The fourth-order valence-electron chi connectivity index (χ4n) is 1.95. The van der Waals surface area contributed by atoms with Crippen LogP contribution in [0.25, 0.3) is 0 Å². The van der Waals surface area contributed by atoms with Crippen LogP contribution >= 0.6 is 0 Å². The molecule has 0 fully saturated rings. The van der Waals surface area contributed by atoms with Gasteiger partial charge < -0.3 is 4.74 Å². The fourth-order valence-corrected chi connectivity index (χ4v) is 1.95. The van der Waals surface area contributed by atoms with Crippen LogP contribution in [0.2, 0.25) is 0 Å². The molecule has 1 aromatic rings. The second kappa shape index (κ2) is 9.37. The molecule has 0 unspecified atom stereocenters. The highest BCUT2D eigenvalue weighted by atomic mass is 16.5. The molecule has 1 aromatic carbocycles. The number of carbonyl (C=O) groups is 1. The Hall–Kier alpha value is -1.57. The van der Waals surface area contributed by atoms with Crippen molar-refractivity contribution in [1.82, 2.24) is 0 Å². The van der Waals surface area contributed by atoms with Crippen LogP contribution in [0, 0.1) is 0 Å². The van der Waals surface area contributed by atoms with Gasteiger partial charge in [0.1, 0.15) is 0 Å². The zero-order chi connectivity index (χ0) is 13.9. The maximum Gasteiger partial charge on any atom is 0.338 e. The van der Waals surface area contributed by atoms with Crippen molar-refractivity contribution in [3.63, 3.8) is 0 Å². The lowest BCUT2D eigenvalue weighted by Gasteiger charge is -2.06. The molecule has 0 aliphatic carbocycles. The van der Waals surface area contributed by atoms with Crippen molar-refractivity contribution in [2.75, 3.05) is 6.61 Å². The molecule has 19 heavy (non-hydrogen) atoms. The summed E-state index contributed by atoms with van der Waals surface area (Å²) in [4.78, 5) is 11.8. The smallest absolute Gasteiger partial charge is 0.338 e. The van der Waals surface area contributed by atoms with Crippen molar-refractivity contribution in [3.8, 4) is 0 Å². The van der Waals surface area contributed by atoms with Gasteiger partial charge in [-0.25, -0.2) is 4.79 Å². The van der Waals surface area contributed by atoms with E-state index in [1.807, 2.05) is 31.2 Å². The summed E-state index contributed by atoms with van der Waals surface area (Å²) in [6, 6.07) is 7.66. The highest BCUT2D eigenvalue weighted by Gasteiger charge is 2.10. The van der Waals surface area contributed by atoms with E-state index in [0.29, 0.717) is 12.2 Å². The van der Waals surface area contributed by atoms with Gasteiger partial charge in [0.25, 0.3) is 0 Å². The fraction of sp³-hybridized carbons (Fsp3) is 0.471. The largest absolute Gasteiger partial charge is 0.462 e. The molecule has 0 saturated heterocycles. The van der Waals surface area contributed by atoms with Gasteiger partial charge in [-0.2, -0.15) is 0 Å². The van der Waals surface area contributed by atoms with Gasteiger partial charge in [-0.1, -0.05) is 50.1 Å². The Kier molecular flexibility index (Phi) is 7.64. The van der Waals surface area contributed by atoms with Gasteiger partial charge in [-0.3, -0.25) is 0 Å². The maximum atomic E-state index is 11.8. The first kappa shape index (κ1) is 15.5. The van der Waals surface area contributed by atoms with Crippen LogP contribution in [0.4, 0.5) is 0 Å². The van der Waals surface area contributed by atoms with Gasteiger partial charge in [-0.15, -0.1) is 0 Å². The van der Waals surface area contributed by atoms with E-state index in [9.17, 15) is 4.79 Å². The van der Waals surface area contributed by atoms with Gasteiger partial charge in [0, 0.05) is 0 Å². The molecule has 0 N–H and O–H groups in total. The Bertz CT molecular complexity index is 407. The molecule has 104 valence electrons. The summed E-state index contributed by atoms with van der Waals surface area (Å²) in [5, 5.41) is 0. The molecule has 0 saturated carbocycles. The monoisotopic (exact) mass is 260 g/mol. The second-order valence-electron chi connectivity index (χ2n) is 4.55. The zero-order valence-electron chi connectivity index (χ0n) is 12.0. The summed E-state index contributed by atoms with van der Waals surface area (Å²) in [6.45, 7) is 4.45. The van der Waals surface area contributed by atoms with Crippen molar-refractivity contribution < 1.29 is 9.53 Å². The molecule has 0 bridgehead atoms. The molecule has 0 aliphatic rings. The summed E-state index contributed by atoms with van der Waals surface area (Å²) < 4.78 is 5.06. The van der Waals surface area contributed by atoms with Crippen LogP contribution in [0.1, 0.15) is 55.5 Å². The third kappa shape index (κ3) is 5.73. The Morgan fingerprint density at radius 2 is 1.95 bits per heavy atom. The van der Waals surface area contributed by atoms with Crippen LogP contribution < -0.4 is 0 Å². The lowest BCUT2D eigenvalue weighted by atomic mass is 10.0. The minimum atomic E-state index is -0.225. The molecule has 0 heterocycles. The third-order valence-corrected chi connectivity index (χ3v) is 2.99. The van der Waals surface area contributed by atoms with Crippen molar-refractivity contribution in [3.05, 3.63) is 47.5 Å². The Labute approximate surface area is 116 Å². The summed E-state index contributed by atoms with van der Waals surface area (Å²) in [5.41, 5.74) is 1.72.